The van der Waals surface area contributed by atoms with Crippen LogP contribution < -0.4 is 5.32 Å². The van der Waals surface area contributed by atoms with Crippen molar-refractivity contribution < 1.29 is 9.90 Å². The van der Waals surface area contributed by atoms with Gasteiger partial charge < -0.3 is 10.4 Å². The number of carboxylic acid groups (broad SMARTS) is 1. The molecule has 4 heteroatoms. The summed E-state index contributed by atoms with van der Waals surface area (Å²) in [5.41, 5.74) is 7.43. The second-order valence-corrected chi connectivity index (χ2v) is 11.3. The summed E-state index contributed by atoms with van der Waals surface area (Å²) < 4.78 is 0. The SMILES string of the molecule is Cc1ccc(-c2csc(NC(=C3CCC3)C(CC3=CCCC=C3)C(C)(C)C)c2C(=O)O)cc1. The van der Waals surface area contributed by atoms with E-state index in [0.29, 0.717) is 11.5 Å². The fraction of sp³-hybridized carbons (Fsp3) is 0.414. The summed E-state index contributed by atoms with van der Waals surface area (Å²) in [5, 5.41) is 16.6. The van der Waals surface area contributed by atoms with Gasteiger partial charge in [0.15, 0.2) is 0 Å². The summed E-state index contributed by atoms with van der Waals surface area (Å²) in [7, 11) is 0. The van der Waals surface area contributed by atoms with E-state index in [-0.39, 0.29) is 5.41 Å². The third kappa shape index (κ3) is 5.33. The molecule has 1 fully saturated rings. The quantitative estimate of drug-likeness (QED) is 0.434. The average molecular weight is 462 g/mol. The van der Waals surface area contributed by atoms with Crippen LogP contribution in [0.2, 0.25) is 0 Å². The Morgan fingerprint density at radius 3 is 2.42 bits per heavy atom. The summed E-state index contributed by atoms with van der Waals surface area (Å²) in [4.78, 5) is 12.4. The average Bonchev–Trinajstić information content (AvgIpc) is 3.15. The third-order valence-corrected chi connectivity index (χ3v) is 7.75. The first kappa shape index (κ1) is 23.6. The van der Waals surface area contributed by atoms with Crippen LogP contribution in [-0.4, -0.2) is 11.1 Å². The molecule has 33 heavy (non-hydrogen) atoms. The molecule has 1 saturated carbocycles. The number of carboxylic acids is 1. The van der Waals surface area contributed by atoms with E-state index in [4.69, 9.17) is 0 Å². The van der Waals surface area contributed by atoms with Crippen LogP contribution >= 0.6 is 11.3 Å². The lowest BCUT2D eigenvalue weighted by atomic mass is 9.71. The summed E-state index contributed by atoms with van der Waals surface area (Å²) in [5.74, 6) is -0.578. The van der Waals surface area contributed by atoms with Gasteiger partial charge >= 0.3 is 5.97 Å². The number of hydrogen-bond acceptors (Lipinski definition) is 3. The van der Waals surface area contributed by atoms with Gasteiger partial charge in [-0.3, -0.25) is 0 Å². The van der Waals surface area contributed by atoms with Crippen molar-refractivity contribution in [3.8, 4) is 11.1 Å². The zero-order chi connectivity index (χ0) is 23.6. The molecular formula is C29H35NO2S. The molecule has 0 amide bonds. The fourth-order valence-corrected chi connectivity index (χ4v) is 5.64. The van der Waals surface area contributed by atoms with Gasteiger partial charge in [0.05, 0.1) is 0 Å². The molecule has 2 N–H and O–H groups in total. The molecule has 0 radical (unpaired) electrons. The smallest absolute Gasteiger partial charge is 0.339 e. The Morgan fingerprint density at radius 1 is 1.15 bits per heavy atom. The Hall–Kier alpha value is -2.59. The van der Waals surface area contributed by atoms with E-state index in [1.807, 2.05) is 36.6 Å². The zero-order valence-corrected chi connectivity index (χ0v) is 21.0. The van der Waals surface area contributed by atoms with E-state index in [1.54, 1.807) is 0 Å². The predicted molar refractivity (Wildman–Crippen MR) is 140 cm³/mol. The number of carbonyl (C=O) groups is 1. The summed E-state index contributed by atoms with van der Waals surface area (Å²) >= 11 is 1.50. The maximum atomic E-state index is 12.4. The van der Waals surface area contributed by atoms with Gasteiger partial charge in [-0.25, -0.2) is 4.79 Å². The van der Waals surface area contributed by atoms with E-state index in [0.717, 1.165) is 48.2 Å². The number of hydrogen-bond donors (Lipinski definition) is 2. The van der Waals surface area contributed by atoms with E-state index in [1.165, 1.54) is 40.2 Å². The van der Waals surface area contributed by atoms with E-state index < -0.39 is 5.97 Å². The highest BCUT2D eigenvalue weighted by atomic mass is 32.1. The first-order valence-corrected chi connectivity index (χ1v) is 12.9. The number of benzene rings is 1. The number of allylic oxidation sites excluding steroid dienone is 6. The number of rotatable bonds is 7. The van der Waals surface area contributed by atoms with E-state index >= 15 is 0 Å². The Bertz CT molecular complexity index is 1100. The molecule has 0 bridgehead atoms. The highest BCUT2D eigenvalue weighted by molar-refractivity contribution is 7.15. The Morgan fingerprint density at radius 2 is 1.88 bits per heavy atom. The lowest BCUT2D eigenvalue weighted by Crippen LogP contribution is -2.29. The summed E-state index contributed by atoms with van der Waals surface area (Å²) in [6.07, 6.45) is 13.5. The third-order valence-electron chi connectivity index (χ3n) is 6.86. The molecule has 1 heterocycles. The minimum Gasteiger partial charge on any atom is -0.478 e. The number of thiophene rings is 1. The lowest BCUT2D eigenvalue weighted by molar-refractivity contribution is 0.0699. The Balaban J connectivity index is 1.72. The van der Waals surface area contributed by atoms with Crippen molar-refractivity contribution in [2.75, 3.05) is 5.32 Å². The molecular weight excluding hydrogens is 426 g/mol. The van der Waals surface area contributed by atoms with Crippen molar-refractivity contribution >= 4 is 22.3 Å². The maximum Gasteiger partial charge on any atom is 0.339 e. The van der Waals surface area contributed by atoms with Crippen molar-refractivity contribution in [3.63, 3.8) is 0 Å². The van der Waals surface area contributed by atoms with Crippen LogP contribution in [0.5, 0.6) is 0 Å². The van der Waals surface area contributed by atoms with Crippen LogP contribution in [0.15, 0.2) is 64.7 Å². The minimum absolute atomic E-state index is 0.0531. The van der Waals surface area contributed by atoms with Crippen LogP contribution in [-0.2, 0) is 0 Å². The molecule has 1 atom stereocenters. The fourth-order valence-electron chi connectivity index (χ4n) is 4.67. The van der Waals surface area contributed by atoms with Gasteiger partial charge in [0, 0.05) is 22.6 Å². The molecule has 2 aliphatic rings. The minimum atomic E-state index is -0.877. The summed E-state index contributed by atoms with van der Waals surface area (Å²) in [6, 6.07) is 8.10. The Kier molecular flexibility index (Phi) is 6.94. The second-order valence-electron chi connectivity index (χ2n) is 10.4. The number of nitrogens with one attached hydrogen (secondary N) is 1. The second kappa shape index (κ2) is 9.72. The van der Waals surface area contributed by atoms with Crippen molar-refractivity contribution in [1.29, 1.82) is 0 Å². The van der Waals surface area contributed by atoms with Crippen LogP contribution in [0.25, 0.3) is 11.1 Å². The molecule has 174 valence electrons. The first-order valence-electron chi connectivity index (χ1n) is 12.0. The van der Waals surface area contributed by atoms with Gasteiger partial charge in [-0.2, -0.15) is 0 Å². The van der Waals surface area contributed by atoms with Gasteiger partial charge in [-0.05, 0) is 56.4 Å². The molecule has 1 aromatic heterocycles. The topological polar surface area (TPSA) is 49.3 Å². The van der Waals surface area contributed by atoms with Gasteiger partial charge in [0.1, 0.15) is 10.6 Å². The number of aryl methyl sites for hydroxylation is 1. The molecule has 1 aromatic carbocycles. The molecule has 0 aliphatic heterocycles. The molecule has 0 saturated heterocycles. The largest absolute Gasteiger partial charge is 0.478 e. The predicted octanol–water partition coefficient (Wildman–Crippen LogP) is 8.60. The van der Waals surface area contributed by atoms with E-state index in [2.05, 4.69) is 44.3 Å². The van der Waals surface area contributed by atoms with Crippen LogP contribution in [0.3, 0.4) is 0 Å². The molecule has 2 aromatic rings. The maximum absolute atomic E-state index is 12.4. The van der Waals surface area contributed by atoms with E-state index in [9.17, 15) is 9.90 Å². The monoisotopic (exact) mass is 461 g/mol. The normalized spacial score (nSPS) is 16.7. The molecule has 4 rings (SSSR count). The molecule has 0 spiro atoms. The van der Waals surface area contributed by atoms with Crippen molar-refractivity contribution in [3.05, 3.63) is 75.8 Å². The molecule has 3 nitrogen and oxygen atoms in total. The lowest BCUT2D eigenvalue weighted by Gasteiger charge is -2.37. The van der Waals surface area contributed by atoms with Crippen LogP contribution in [0.1, 0.15) is 75.2 Å². The van der Waals surface area contributed by atoms with Crippen molar-refractivity contribution in [2.45, 2.75) is 66.2 Å². The van der Waals surface area contributed by atoms with Gasteiger partial charge in [0.25, 0.3) is 0 Å². The summed E-state index contributed by atoms with van der Waals surface area (Å²) in [6.45, 7) is 8.95. The first-order chi connectivity index (χ1) is 15.7. The van der Waals surface area contributed by atoms with Crippen LogP contribution in [0, 0.1) is 18.3 Å². The molecule has 2 aliphatic carbocycles. The van der Waals surface area contributed by atoms with Gasteiger partial charge in [0.2, 0.25) is 0 Å². The number of aromatic carboxylic acids is 1. The highest BCUT2D eigenvalue weighted by Gasteiger charge is 2.33. The highest BCUT2D eigenvalue weighted by Crippen LogP contribution is 2.45. The van der Waals surface area contributed by atoms with Gasteiger partial charge in [-0.1, -0.05) is 80.0 Å². The van der Waals surface area contributed by atoms with Crippen LogP contribution in [0.4, 0.5) is 5.00 Å². The van der Waals surface area contributed by atoms with Crippen molar-refractivity contribution in [2.24, 2.45) is 11.3 Å². The molecule has 1 unspecified atom stereocenters. The standard InChI is InChI=1S/C29H35NO2S/c1-19-13-15-21(16-14-19)23-18-33-27(25(23)28(31)32)30-26(22-11-8-12-22)24(29(2,3)4)17-20-9-6-5-7-10-20/h6,9-10,13-16,18,24,30H,5,7-8,11-12,17H2,1-4H3,(H,31,32). The van der Waals surface area contributed by atoms with Crippen molar-refractivity contribution in [1.82, 2.24) is 0 Å². The Labute approximate surface area is 201 Å². The number of anilines is 1. The van der Waals surface area contributed by atoms with Gasteiger partial charge in [-0.15, -0.1) is 11.3 Å². The zero-order valence-electron chi connectivity index (χ0n) is 20.2.